The average molecular weight is 419 g/mol. The SMILES string of the molecule is CCCOc1ccccc1OCC(=O)OCc1ccc(C(=O)Nc2ccccc2)cc1. The number of hydrogen-bond donors (Lipinski definition) is 1. The summed E-state index contributed by atoms with van der Waals surface area (Å²) in [6.07, 6.45) is 0.878. The van der Waals surface area contributed by atoms with E-state index in [1.54, 1.807) is 36.4 Å². The summed E-state index contributed by atoms with van der Waals surface area (Å²) in [6, 6.07) is 23.3. The lowest BCUT2D eigenvalue weighted by Crippen LogP contribution is -2.15. The number of para-hydroxylation sites is 3. The molecule has 0 aliphatic heterocycles. The second-order valence-corrected chi connectivity index (χ2v) is 6.76. The van der Waals surface area contributed by atoms with Crippen molar-refractivity contribution in [2.24, 2.45) is 0 Å². The molecule has 0 aliphatic carbocycles. The van der Waals surface area contributed by atoms with Gasteiger partial charge in [0.05, 0.1) is 6.61 Å². The maximum atomic E-state index is 12.3. The quantitative estimate of drug-likeness (QED) is 0.476. The normalized spacial score (nSPS) is 10.2. The highest BCUT2D eigenvalue weighted by Crippen LogP contribution is 2.26. The van der Waals surface area contributed by atoms with Gasteiger partial charge in [-0.15, -0.1) is 0 Å². The number of nitrogens with one attached hydrogen (secondary N) is 1. The zero-order valence-corrected chi connectivity index (χ0v) is 17.4. The second-order valence-electron chi connectivity index (χ2n) is 6.76. The van der Waals surface area contributed by atoms with E-state index in [2.05, 4.69) is 5.32 Å². The van der Waals surface area contributed by atoms with Gasteiger partial charge in [-0.1, -0.05) is 49.4 Å². The Morgan fingerprint density at radius 3 is 2.13 bits per heavy atom. The molecule has 0 aliphatic rings. The molecular formula is C25H25NO5. The van der Waals surface area contributed by atoms with Crippen LogP contribution in [0.4, 0.5) is 5.69 Å². The van der Waals surface area contributed by atoms with E-state index in [-0.39, 0.29) is 19.1 Å². The van der Waals surface area contributed by atoms with Crippen LogP contribution in [0.1, 0.15) is 29.3 Å². The number of hydrogen-bond acceptors (Lipinski definition) is 5. The topological polar surface area (TPSA) is 73.9 Å². The lowest BCUT2D eigenvalue weighted by atomic mass is 10.1. The molecular weight excluding hydrogens is 394 g/mol. The minimum absolute atomic E-state index is 0.0940. The van der Waals surface area contributed by atoms with Gasteiger partial charge < -0.3 is 19.5 Å². The molecule has 0 aromatic heterocycles. The molecule has 31 heavy (non-hydrogen) atoms. The minimum atomic E-state index is -0.490. The first kappa shape index (κ1) is 21.9. The molecule has 0 radical (unpaired) electrons. The molecule has 6 heteroatoms. The molecule has 3 aromatic rings. The molecule has 3 aromatic carbocycles. The molecule has 0 heterocycles. The molecule has 3 rings (SSSR count). The highest BCUT2D eigenvalue weighted by Gasteiger charge is 2.10. The summed E-state index contributed by atoms with van der Waals surface area (Å²) in [4.78, 5) is 24.3. The van der Waals surface area contributed by atoms with Gasteiger partial charge in [-0.25, -0.2) is 4.79 Å². The summed E-state index contributed by atoms with van der Waals surface area (Å²) in [5.74, 6) is 0.409. The molecule has 1 amide bonds. The molecule has 0 saturated heterocycles. The molecule has 0 unspecified atom stereocenters. The van der Waals surface area contributed by atoms with Crippen molar-refractivity contribution in [3.05, 3.63) is 90.0 Å². The third-order valence-electron chi connectivity index (χ3n) is 4.30. The summed E-state index contributed by atoms with van der Waals surface area (Å²) >= 11 is 0. The van der Waals surface area contributed by atoms with Crippen LogP contribution in [0.5, 0.6) is 11.5 Å². The third-order valence-corrected chi connectivity index (χ3v) is 4.30. The monoisotopic (exact) mass is 419 g/mol. The van der Waals surface area contributed by atoms with E-state index in [0.717, 1.165) is 17.7 Å². The van der Waals surface area contributed by atoms with Crippen molar-refractivity contribution >= 4 is 17.6 Å². The highest BCUT2D eigenvalue weighted by atomic mass is 16.6. The number of benzene rings is 3. The molecule has 0 saturated carbocycles. The van der Waals surface area contributed by atoms with Crippen molar-refractivity contribution in [2.45, 2.75) is 20.0 Å². The van der Waals surface area contributed by atoms with E-state index in [4.69, 9.17) is 14.2 Å². The summed E-state index contributed by atoms with van der Waals surface area (Å²) in [6.45, 7) is 2.47. The first-order chi connectivity index (χ1) is 15.2. The average Bonchev–Trinajstić information content (AvgIpc) is 2.81. The Morgan fingerprint density at radius 1 is 0.806 bits per heavy atom. The van der Waals surface area contributed by atoms with Crippen molar-refractivity contribution in [2.75, 3.05) is 18.5 Å². The largest absolute Gasteiger partial charge is 0.490 e. The number of rotatable bonds is 10. The summed E-state index contributed by atoms with van der Waals surface area (Å²) in [7, 11) is 0. The summed E-state index contributed by atoms with van der Waals surface area (Å²) < 4.78 is 16.4. The molecule has 160 valence electrons. The van der Waals surface area contributed by atoms with Gasteiger partial charge in [0.25, 0.3) is 5.91 Å². The van der Waals surface area contributed by atoms with Crippen molar-refractivity contribution < 1.29 is 23.8 Å². The number of ether oxygens (including phenoxy) is 3. The smallest absolute Gasteiger partial charge is 0.344 e. The predicted octanol–water partition coefficient (Wildman–Crippen LogP) is 4.85. The van der Waals surface area contributed by atoms with Crippen LogP contribution >= 0.6 is 0 Å². The zero-order chi connectivity index (χ0) is 21.9. The van der Waals surface area contributed by atoms with Crippen LogP contribution < -0.4 is 14.8 Å². The van der Waals surface area contributed by atoms with E-state index in [1.807, 2.05) is 49.4 Å². The molecule has 1 N–H and O–H groups in total. The van der Waals surface area contributed by atoms with Gasteiger partial charge in [0, 0.05) is 11.3 Å². The molecule has 0 spiro atoms. The fourth-order valence-electron chi connectivity index (χ4n) is 2.72. The van der Waals surface area contributed by atoms with E-state index < -0.39 is 5.97 Å². The Hall–Kier alpha value is -3.80. The van der Waals surface area contributed by atoms with Crippen LogP contribution in [0, 0.1) is 0 Å². The Bertz CT molecular complexity index is 986. The molecule has 0 bridgehead atoms. The van der Waals surface area contributed by atoms with Crippen molar-refractivity contribution in [3.8, 4) is 11.5 Å². The van der Waals surface area contributed by atoms with Gasteiger partial charge in [0.2, 0.25) is 0 Å². The third kappa shape index (κ3) is 6.89. The first-order valence-corrected chi connectivity index (χ1v) is 10.1. The summed E-state index contributed by atoms with van der Waals surface area (Å²) in [5.41, 5.74) is 2.02. The standard InChI is InChI=1S/C25H25NO5/c1-2-16-29-22-10-6-7-11-23(22)30-18-24(27)31-17-19-12-14-20(15-13-19)25(28)26-21-8-4-3-5-9-21/h3-15H,2,16-18H2,1H3,(H,26,28). The van der Waals surface area contributed by atoms with Crippen molar-refractivity contribution in [1.29, 1.82) is 0 Å². The second kappa shape index (κ2) is 11.4. The van der Waals surface area contributed by atoms with Gasteiger partial charge in [-0.05, 0) is 48.4 Å². The number of carbonyl (C=O) groups excluding carboxylic acids is 2. The highest BCUT2D eigenvalue weighted by molar-refractivity contribution is 6.04. The Kier molecular flexibility index (Phi) is 8.05. The van der Waals surface area contributed by atoms with Crippen LogP contribution in [-0.2, 0) is 16.1 Å². The first-order valence-electron chi connectivity index (χ1n) is 10.1. The number of amides is 1. The van der Waals surface area contributed by atoms with E-state index in [1.165, 1.54) is 0 Å². The molecule has 6 nitrogen and oxygen atoms in total. The molecule has 0 atom stereocenters. The van der Waals surface area contributed by atoms with Crippen LogP contribution in [0.15, 0.2) is 78.9 Å². The number of carbonyl (C=O) groups is 2. The Balaban J connectivity index is 1.46. The van der Waals surface area contributed by atoms with Crippen LogP contribution in [-0.4, -0.2) is 25.1 Å². The zero-order valence-electron chi connectivity index (χ0n) is 17.4. The number of anilines is 1. The van der Waals surface area contributed by atoms with Crippen LogP contribution in [0.3, 0.4) is 0 Å². The maximum Gasteiger partial charge on any atom is 0.344 e. The Labute approximate surface area is 181 Å². The maximum absolute atomic E-state index is 12.3. The van der Waals surface area contributed by atoms with E-state index in [0.29, 0.717) is 23.7 Å². The van der Waals surface area contributed by atoms with Crippen LogP contribution in [0.2, 0.25) is 0 Å². The van der Waals surface area contributed by atoms with Gasteiger partial charge in [-0.2, -0.15) is 0 Å². The van der Waals surface area contributed by atoms with Gasteiger partial charge >= 0.3 is 5.97 Å². The predicted molar refractivity (Wildman–Crippen MR) is 118 cm³/mol. The lowest BCUT2D eigenvalue weighted by molar-refractivity contribution is -0.147. The fourth-order valence-corrected chi connectivity index (χ4v) is 2.72. The van der Waals surface area contributed by atoms with Crippen molar-refractivity contribution in [3.63, 3.8) is 0 Å². The van der Waals surface area contributed by atoms with Crippen LogP contribution in [0.25, 0.3) is 0 Å². The van der Waals surface area contributed by atoms with E-state index >= 15 is 0 Å². The minimum Gasteiger partial charge on any atom is -0.490 e. The fraction of sp³-hybridized carbons (Fsp3) is 0.200. The van der Waals surface area contributed by atoms with Gasteiger partial charge in [-0.3, -0.25) is 4.79 Å². The van der Waals surface area contributed by atoms with Crippen molar-refractivity contribution in [1.82, 2.24) is 0 Å². The van der Waals surface area contributed by atoms with Gasteiger partial charge in [0.1, 0.15) is 6.61 Å². The van der Waals surface area contributed by atoms with Gasteiger partial charge in [0.15, 0.2) is 18.1 Å². The Morgan fingerprint density at radius 2 is 1.45 bits per heavy atom. The molecule has 0 fully saturated rings. The number of esters is 1. The summed E-state index contributed by atoms with van der Waals surface area (Å²) in [5, 5.41) is 2.83. The lowest BCUT2D eigenvalue weighted by Gasteiger charge is -2.12. The van der Waals surface area contributed by atoms with E-state index in [9.17, 15) is 9.59 Å².